The van der Waals surface area contributed by atoms with Crippen molar-refractivity contribution < 1.29 is 68.2 Å². The predicted octanol–water partition coefficient (Wildman–Crippen LogP) is 17.0. The number of piperidine rings is 3. The van der Waals surface area contributed by atoms with E-state index in [4.69, 9.17) is 23.3 Å². The molecule has 0 aliphatic carbocycles. The second-order valence-corrected chi connectivity index (χ2v) is 35.3. The van der Waals surface area contributed by atoms with Gasteiger partial charge in [0, 0.05) is 83.6 Å². The summed E-state index contributed by atoms with van der Waals surface area (Å²) < 4.78 is 42.3. The SMILES string of the molecule is CCC1(C)CC(=O)C(C)C(C)(CC)N1O.CCC1(C)CC(OC(C)=O)C(C)C(C)(CC)N1O.CCC1(CC)C(=O)N(C(C)(C)C)CC(C)(C)N1O.CCC1(CC)COC2(CC(C)(CC)N(O)C(C)(CC)C2C)OC1.CCOP(=O)(OCC)C(N(O)C(C)(C)C)C(C)(C)C. The Morgan fingerprint density at radius 2 is 1.03 bits per heavy atom. The van der Waals surface area contributed by atoms with E-state index in [1.54, 1.807) is 18.9 Å². The number of hydrogen-bond acceptors (Lipinski definition) is 19. The van der Waals surface area contributed by atoms with Crippen molar-refractivity contribution in [2.75, 3.05) is 33.0 Å². The Morgan fingerprint density at radius 3 is 1.38 bits per heavy atom. The highest BCUT2D eigenvalue weighted by molar-refractivity contribution is 7.54. The molecular weight excluding hydrogens is 1200 g/mol. The van der Waals surface area contributed by atoms with Crippen LogP contribution in [0.2, 0.25) is 0 Å². The van der Waals surface area contributed by atoms with Crippen molar-refractivity contribution in [3.63, 3.8) is 0 Å². The molecule has 0 saturated carbocycles. The number of carbonyl (C=O) groups is 3. The average molecular weight is 1350 g/mol. The molecule has 5 rings (SSSR count). The molecule has 5 saturated heterocycles. The molecule has 5 heterocycles. The lowest BCUT2D eigenvalue weighted by atomic mass is 9.66. The van der Waals surface area contributed by atoms with Crippen LogP contribution in [-0.4, -0.2) is 180 Å². The van der Waals surface area contributed by atoms with E-state index in [-0.39, 0.29) is 87.8 Å². The van der Waals surface area contributed by atoms with Crippen molar-refractivity contribution >= 4 is 25.3 Å². The van der Waals surface area contributed by atoms with Crippen molar-refractivity contribution in [1.29, 1.82) is 0 Å². The molecule has 5 N–H and O–H groups in total. The number of ketones is 1. The van der Waals surface area contributed by atoms with Crippen LogP contribution in [0.4, 0.5) is 0 Å². The van der Waals surface area contributed by atoms with Crippen molar-refractivity contribution in [3.05, 3.63) is 0 Å². The van der Waals surface area contributed by atoms with Gasteiger partial charge in [0.2, 0.25) is 5.91 Å². The van der Waals surface area contributed by atoms with Crippen LogP contribution >= 0.6 is 7.60 Å². The molecule has 0 bridgehead atoms. The van der Waals surface area contributed by atoms with Gasteiger partial charge >= 0.3 is 13.6 Å². The standard InChI is InChI=1S/C19H37NO3.C14H28N2O2.C14H27NO3.C13H30NO4P.C12H23NO2/c1-8-16(6)12-19(15(5)17(7,9-2)20(16)21)22-13-18(10-3,11-4)14-23-19;1-8-14(9-2)11(17)15(12(3,4)5)10-13(6,7)16(14)18;1-7-13(5)9-12(18-11(4)16)10(3)14(6,8-2)15(13)17;1-9-17-19(16,18-10-2)11(12(3,4)5)14(15)13(6,7)8;1-6-11(4)8-10(14)9(3)12(5,7-2)13(11)15/h15,21H,8-14H2,1-7H3;18H,8-10H2,1-7H3;10,12,17H,7-9H2,1-6H3;11,15H,9-10H2,1-8H3;9,15H,6-8H2,1-5H3. The molecule has 11 unspecified atom stereocenters. The minimum Gasteiger partial charge on any atom is -0.462 e. The van der Waals surface area contributed by atoms with E-state index in [0.29, 0.717) is 38.6 Å². The van der Waals surface area contributed by atoms with E-state index in [1.807, 2.05) is 143 Å². The fourth-order valence-electron chi connectivity index (χ4n) is 14.6. The summed E-state index contributed by atoms with van der Waals surface area (Å²) in [6.45, 7) is 68.3. The summed E-state index contributed by atoms with van der Waals surface area (Å²) in [4.78, 5) is 37.9. The molecule has 0 radical (unpaired) electrons. The van der Waals surface area contributed by atoms with E-state index in [9.17, 15) is 45.0 Å². The number of amides is 1. The Bertz CT molecular complexity index is 2390. The molecule has 5 aliphatic rings. The number of piperazine rings is 1. The van der Waals surface area contributed by atoms with Crippen LogP contribution in [0.15, 0.2) is 0 Å². The molecule has 93 heavy (non-hydrogen) atoms. The third-order valence-electron chi connectivity index (χ3n) is 23.6. The first-order valence-electron chi connectivity index (χ1n) is 35.8. The van der Waals surface area contributed by atoms with Gasteiger partial charge in [-0.1, -0.05) is 111 Å². The van der Waals surface area contributed by atoms with E-state index in [2.05, 4.69) is 69.2 Å². The van der Waals surface area contributed by atoms with Crippen LogP contribution in [0.25, 0.3) is 0 Å². The van der Waals surface area contributed by atoms with Crippen LogP contribution in [0.5, 0.6) is 0 Å². The number of Topliss-reactive ketones (excluding diaryl/α,β-unsaturated/α-hetero) is 1. The van der Waals surface area contributed by atoms with Gasteiger partial charge in [0.05, 0.1) is 48.6 Å². The maximum atomic E-state index is 13.0. The Balaban J connectivity index is 0.000000585. The summed E-state index contributed by atoms with van der Waals surface area (Å²) in [5.74, 6) is -1.10. The highest BCUT2D eigenvalue weighted by Crippen LogP contribution is 2.60. The summed E-state index contributed by atoms with van der Waals surface area (Å²) in [5, 5.41) is 59.7. The lowest BCUT2D eigenvalue weighted by Gasteiger charge is -2.63. The Labute approximate surface area is 567 Å². The van der Waals surface area contributed by atoms with Crippen molar-refractivity contribution in [3.8, 4) is 0 Å². The maximum absolute atomic E-state index is 13.0. The van der Waals surface area contributed by atoms with Crippen LogP contribution in [0.3, 0.4) is 0 Å². The molecule has 20 nitrogen and oxygen atoms in total. The second-order valence-electron chi connectivity index (χ2n) is 33.2. The van der Waals surface area contributed by atoms with E-state index in [0.717, 1.165) is 69.6 Å². The zero-order valence-electron chi connectivity index (χ0n) is 65.7. The number of ether oxygens (including phenoxy) is 3. The van der Waals surface area contributed by atoms with Gasteiger partial charge in [-0.3, -0.25) is 18.9 Å². The van der Waals surface area contributed by atoms with Gasteiger partial charge < -0.3 is 54.2 Å². The summed E-state index contributed by atoms with van der Waals surface area (Å²) in [7, 11) is -3.43. The molecule has 5 aliphatic heterocycles. The molecule has 0 aromatic carbocycles. The number of hydrogen-bond donors (Lipinski definition) is 5. The average Bonchev–Trinajstić information content (AvgIpc) is 0.732. The first-order valence-corrected chi connectivity index (χ1v) is 37.4. The van der Waals surface area contributed by atoms with Gasteiger partial charge in [0.25, 0.3) is 0 Å². The molecule has 1 amide bonds. The first kappa shape index (κ1) is 89.3. The lowest BCUT2D eigenvalue weighted by Crippen LogP contribution is -2.74. The summed E-state index contributed by atoms with van der Waals surface area (Å²) in [6, 6.07) is 0. The minimum atomic E-state index is -3.43. The van der Waals surface area contributed by atoms with Crippen LogP contribution in [0, 0.1) is 28.6 Å². The van der Waals surface area contributed by atoms with Crippen LogP contribution < -0.4 is 0 Å². The highest BCUT2D eigenvalue weighted by Gasteiger charge is 2.64. The number of nitrogens with zero attached hydrogens (tertiary/aromatic N) is 6. The van der Waals surface area contributed by atoms with E-state index < -0.39 is 52.3 Å². The molecular formula is C72H145N6O14P. The summed E-state index contributed by atoms with van der Waals surface area (Å²) in [6.07, 6.45) is 10.1. The summed E-state index contributed by atoms with van der Waals surface area (Å²) in [5.41, 5.74) is -4.46. The maximum Gasteiger partial charge on any atom is 0.350 e. The molecule has 0 aromatic heterocycles. The zero-order valence-corrected chi connectivity index (χ0v) is 66.5. The third-order valence-corrected chi connectivity index (χ3v) is 26.4. The predicted molar refractivity (Wildman–Crippen MR) is 373 cm³/mol. The van der Waals surface area contributed by atoms with Gasteiger partial charge in [-0.15, -0.1) is 0 Å². The largest absolute Gasteiger partial charge is 0.462 e. The molecule has 11 atom stereocenters. The number of esters is 1. The van der Waals surface area contributed by atoms with Gasteiger partial charge in [0.1, 0.15) is 23.2 Å². The van der Waals surface area contributed by atoms with Crippen molar-refractivity contribution in [2.24, 2.45) is 28.6 Å². The monoisotopic (exact) mass is 1350 g/mol. The fourth-order valence-corrected chi connectivity index (χ4v) is 17.3. The van der Waals surface area contributed by atoms with Gasteiger partial charge in [0.15, 0.2) is 5.79 Å². The minimum absolute atomic E-state index is 0.0434. The Morgan fingerprint density at radius 1 is 0.613 bits per heavy atom. The number of carbonyl (C=O) groups excluding carboxylic acids is 3. The molecule has 0 aromatic rings. The topological polar surface area (TPSA) is 235 Å². The first-order chi connectivity index (χ1) is 42.1. The second kappa shape index (κ2) is 33.2. The van der Waals surface area contributed by atoms with Crippen molar-refractivity contribution in [1.82, 2.24) is 30.2 Å². The van der Waals surface area contributed by atoms with Gasteiger partial charge in [-0.2, -0.15) is 25.3 Å². The fraction of sp³-hybridized carbons (Fsp3) is 0.958. The van der Waals surface area contributed by atoms with Gasteiger partial charge in [-0.25, -0.2) is 0 Å². The molecule has 21 heteroatoms. The van der Waals surface area contributed by atoms with Crippen LogP contribution in [0.1, 0.15) is 312 Å². The van der Waals surface area contributed by atoms with Gasteiger partial charge in [-0.05, 0) is 180 Å². The molecule has 552 valence electrons. The van der Waals surface area contributed by atoms with Crippen molar-refractivity contribution in [2.45, 2.75) is 385 Å². The van der Waals surface area contributed by atoms with Crippen LogP contribution in [-0.2, 0) is 42.2 Å². The molecule has 1 spiro atoms. The molecule has 5 fully saturated rings. The number of rotatable bonds is 17. The smallest absolute Gasteiger partial charge is 0.350 e. The Hall–Kier alpha value is -1.72. The zero-order chi connectivity index (χ0) is 73.3. The Kier molecular flexibility index (Phi) is 31.9. The van der Waals surface area contributed by atoms with E-state index in [1.165, 1.54) is 22.1 Å². The summed E-state index contributed by atoms with van der Waals surface area (Å²) >= 11 is 0. The highest BCUT2D eigenvalue weighted by atomic mass is 31.2. The lowest BCUT2D eigenvalue weighted by molar-refractivity contribution is -0.401. The number of hydroxylamine groups is 10. The van der Waals surface area contributed by atoms with E-state index >= 15 is 0 Å². The normalized spacial score (nSPS) is 33.0. The third kappa shape index (κ3) is 18.8. The quantitative estimate of drug-likeness (QED) is 0.0517.